The van der Waals surface area contributed by atoms with Gasteiger partial charge in [-0.1, -0.05) is 42.5 Å². The van der Waals surface area contributed by atoms with E-state index >= 15 is 0 Å². The van der Waals surface area contributed by atoms with Crippen molar-refractivity contribution in [1.82, 2.24) is 14.9 Å². The minimum absolute atomic E-state index is 0.454. The molecule has 1 aliphatic heterocycles. The van der Waals surface area contributed by atoms with Gasteiger partial charge in [0.1, 0.15) is 11.6 Å². The quantitative estimate of drug-likeness (QED) is 0.725. The number of anilines is 1. The number of piperidine rings is 1. The molecule has 2 heterocycles. The highest BCUT2D eigenvalue weighted by Gasteiger charge is 2.27. The summed E-state index contributed by atoms with van der Waals surface area (Å²) in [7, 11) is 0. The Hall–Kier alpha value is -2.46. The SMILES string of the molecule is c1ccc2c(CN3CCCC(Nc4ccnc(C5CC5)n4)C3)cccc2c1. The predicted octanol–water partition coefficient (Wildman–Crippen LogP) is 4.58. The lowest BCUT2D eigenvalue weighted by molar-refractivity contribution is 0.209. The molecule has 1 saturated heterocycles. The Bertz CT molecular complexity index is 929. The first-order chi connectivity index (χ1) is 13.3. The Balaban J connectivity index is 1.27. The molecule has 0 bridgehead atoms. The van der Waals surface area contributed by atoms with Crippen LogP contribution in [0.3, 0.4) is 0 Å². The van der Waals surface area contributed by atoms with Gasteiger partial charge in [0.2, 0.25) is 0 Å². The van der Waals surface area contributed by atoms with Crippen LogP contribution >= 0.6 is 0 Å². The van der Waals surface area contributed by atoms with E-state index < -0.39 is 0 Å². The van der Waals surface area contributed by atoms with Crippen LogP contribution in [0.5, 0.6) is 0 Å². The Labute approximate surface area is 160 Å². The lowest BCUT2D eigenvalue weighted by atomic mass is 10.0. The molecule has 1 aliphatic carbocycles. The number of hydrogen-bond acceptors (Lipinski definition) is 4. The zero-order chi connectivity index (χ0) is 18.1. The summed E-state index contributed by atoms with van der Waals surface area (Å²) in [6.45, 7) is 3.24. The van der Waals surface area contributed by atoms with Crippen molar-refractivity contribution in [3.8, 4) is 0 Å². The van der Waals surface area contributed by atoms with Gasteiger partial charge in [-0.15, -0.1) is 0 Å². The fourth-order valence-corrected chi connectivity index (χ4v) is 4.19. The molecule has 27 heavy (non-hydrogen) atoms. The average Bonchev–Trinajstić information content (AvgIpc) is 3.54. The topological polar surface area (TPSA) is 41.0 Å². The highest BCUT2D eigenvalue weighted by molar-refractivity contribution is 5.85. The van der Waals surface area contributed by atoms with E-state index in [9.17, 15) is 0 Å². The molecular weight excluding hydrogens is 332 g/mol. The van der Waals surface area contributed by atoms with Gasteiger partial charge in [-0.25, -0.2) is 9.97 Å². The standard InChI is InChI=1S/C23H26N4/c1-2-9-21-17(5-1)6-3-7-19(21)15-27-14-4-8-20(16-27)25-22-12-13-24-23(26-22)18-10-11-18/h1-3,5-7,9,12-13,18,20H,4,8,10-11,14-16H2,(H,24,25,26). The summed E-state index contributed by atoms with van der Waals surface area (Å²) in [5.74, 6) is 2.60. The fraction of sp³-hybridized carbons (Fsp3) is 0.391. The average molecular weight is 358 g/mol. The van der Waals surface area contributed by atoms with Gasteiger partial charge in [-0.05, 0) is 54.6 Å². The summed E-state index contributed by atoms with van der Waals surface area (Å²) >= 11 is 0. The number of aromatic nitrogens is 2. The Morgan fingerprint density at radius 1 is 1.00 bits per heavy atom. The Morgan fingerprint density at radius 3 is 2.81 bits per heavy atom. The number of fused-ring (bicyclic) bond motifs is 1. The number of rotatable bonds is 5. The summed E-state index contributed by atoms with van der Waals surface area (Å²) < 4.78 is 0. The van der Waals surface area contributed by atoms with E-state index in [0.29, 0.717) is 12.0 Å². The van der Waals surface area contributed by atoms with Crippen LogP contribution in [0, 0.1) is 0 Å². The van der Waals surface area contributed by atoms with E-state index in [4.69, 9.17) is 4.98 Å². The van der Waals surface area contributed by atoms with E-state index in [1.807, 2.05) is 12.3 Å². The second-order valence-corrected chi connectivity index (χ2v) is 7.93. The number of nitrogens with one attached hydrogen (secondary N) is 1. The van der Waals surface area contributed by atoms with Crippen LogP contribution in [0.25, 0.3) is 10.8 Å². The summed E-state index contributed by atoms with van der Waals surface area (Å²) in [6, 6.07) is 17.8. The van der Waals surface area contributed by atoms with Gasteiger partial charge in [0.15, 0.2) is 0 Å². The molecule has 1 atom stereocenters. The minimum atomic E-state index is 0.454. The molecular formula is C23H26N4. The largest absolute Gasteiger partial charge is 0.366 e. The van der Waals surface area contributed by atoms with Crippen molar-refractivity contribution < 1.29 is 0 Å². The third kappa shape index (κ3) is 3.81. The Kier molecular flexibility index (Phi) is 4.50. The molecule has 4 nitrogen and oxygen atoms in total. The van der Waals surface area contributed by atoms with Crippen LogP contribution in [0.1, 0.15) is 43.0 Å². The Morgan fingerprint density at radius 2 is 1.89 bits per heavy atom. The first kappa shape index (κ1) is 16.7. The molecule has 0 radical (unpaired) electrons. The number of nitrogens with zero attached hydrogens (tertiary/aromatic N) is 3. The summed E-state index contributed by atoms with van der Waals surface area (Å²) in [5.41, 5.74) is 1.42. The molecule has 3 aromatic rings. The van der Waals surface area contributed by atoms with Gasteiger partial charge in [-0.3, -0.25) is 4.90 Å². The van der Waals surface area contributed by atoms with Gasteiger partial charge in [0, 0.05) is 31.2 Å². The van der Waals surface area contributed by atoms with Gasteiger partial charge in [-0.2, -0.15) is 0 Å². The second kappa shape index (κ2) is 7.28. The summed E-state index contributed by atoms with van der Waals surface area (Å²) in [5, 5.41) is 6.37. The molecule has 5 rings (SSSR count). The normalized spacial score (nSPS) is 20.7. The van der Waals surface area contributed by atoms with Crippen molar-refractivity contribution in [1.29, 1.82) is 0 Å². The third-order valence-electron chi connectivity index (χ3n) is 5.75. The maximum absolute atomic E-state index is 4.74. The zero-order valence-electron chi connectivity index (χ0n) is 15.6. The van der Waals surface area contributed by atoms with Crippen LogP contribution in [0.15, 0.2) is 54.7 Å². The molecule has 0 spiro atoms. The van der Waals surface area contributed by atoms with E-state index in [0.717, 1.165) is 24.7 Å². The van der Waals surface area contributed by atoms with Crippen LogP contribution < -0.4 is 5.32 Å². The van der Waals surface area contributed by atoms with E-state index in [2.05, 4.69) is 57.7 Å². The predicted molar refractivity (Wildman–Crippen MR) is 110 cm³/mol. The molecule has 1 saturated carbocycles. The summed E-state index contributed by atoms with van der Waals surface area (Å²) in [6.07, 6.45) is 6.81. The van der Waals surface area contributed by atoms with E-state index in [1.54, 1.807) is 0 Å². The van der Waals surface area contributed by atoms with E-state index in [1.165, 1.54) is 48.6 Å². The molecule has 138 valence electrons. The first-order valence-corrected chi connectivity index (χ1v) is 10.1. The zero-order valence-corrected chi connectivity index (χ0v) is 15.6. The second-order valence-electron chi connectivity index (χ2n) is 7.93. The number of hydrogen-bond donors (Lipinski definition) is 1. The molecule has 1 unspecified atom stereocenters. The molecule has 2 aromatic carbocycles. The summed E-state index contributed by atoms with van der Waals surface area (Å²) in [4.78, 5) is 11.7. The highest BCUT2D eigenvalue weighted by atomic mass is 15.2. The van der Waals surface area contributed by atoms with E-state index in [-0.39, 0.29) is 0 Å². The third-order valence-corrected chi connectivity index (χ3v) is 5.75. The monoisotopic (exact) mass is 358 g/mol. The minimum Gasteiger partial charge on any atom is -0.366 e. The van der Waals surface area contributed by atoms with Crippen LogP contribution in [0.4, 0.5) is 5.82 Å². The van der Waals surface area contributed by atoms with Crippen LogP contribution in [-0.2, 0) is 6.54 Å². The van der Waals surface area contributed by atoms with Crippen molar-refractivity contribution in [2.75, 3.05) is 18.4 Å². The van der Waals surface area contributed by atoms with Crippen molar-refractivity contribution in [2.24, 2.45) is 0 Å². The molecule has 1 N–H and O–H groups in total. The molecule has 2 fully saturated rings. The molecule has 1 aromatic heterocycles. The van der Waals surface area contributed by atoms with Gasteiger partial charge >= 0.3 is 0 Å². The van der Waals surface area contributed by atoms with Crippen molar-refractivity contribution in [3.05, 3.63) is 66.1 Å². The first-order valence-electron chi connectivity index (χ1n) is 10.1. The highest BCUT2D eigenvalue weighted by Crippen LogP contribution is 2.38. The van der Waals surface area contributed by atoms with Gasteiger partial charge < -0.3 is 5.32 Å². The lowest BCUT2D eigenvalue weighted by Crippen LogP contribution is -2.41. The molecule has 4 heteroatoms. The van der Waals surface area contributed by atoms with Crippen molar-refractivity contribution >= 4 is 16.6 Å². The number of benzene rings is 2. The van der Waals surface area contributed by atoms with Crippen LogP contribution in [0.2, 0.25) is 0 Å². The molecule has 0 amide bonds. The molecule has 2 aliphatic rings. The van der Waals surface area contributed by atoms with Crippen molar-refractivity contribution in [2.45, 2.75) is 44.2 Å². The smallest absolute Gasteiger partial charge is 0.133 e. The van der Waals surface area contributed by atoms with Crippen molar-refractivity contribution in [3.63, 3.8) is 0 Å². The lowest BCUT2D eigenvalue weighted by Gasteiger charge is -2.33. The maximum Gasteiger partial charge on any atom is 0.133 e. The van der Waals surface area contributed by atoms with Gasteiger partial charge in [0.05, 0.1) is 0 Å². The fourth-order valence-electron chi connectivity index (χ4n) is 4.19. The maximum atomic E-state index is 4.74. The van der Waals surface area contributed by atoms with Gasteiger partial charge in [0.25, 0.3) is 0 Å². The number of likely N-dealkylation sites (tertiary alicyclic amines) is 1. The van der Waals surface area contributed by atoms with Crippen LogP contribution in [-0.4, -0.2) is 34.0 Å².